The summed E-state index contributed by atoms with van der Waals surface area (Å²) < 4.78 is 5.07. The highest BCUT2D eigenvalue weighted by atomic mass is 16.5. The second-order valence-corrected chi connectivity index (χ2v) is 5.22. The summed E-state index contributed by atoms with van der Waals surface area (Å²) in [4.78, 5) is 36.6. The predicted molar refractivity (Wildman–Crippen MR) is 88.2 cm³/mol. The molecule has 0 aliphatic carbocycles. The van der Waals surface area contributed by atoms with Gasteiger partial charge in [-0.1, -0.05) is 13.8 Å². The zero-order valence-electron chi connectivity index (χ0n) is 13.9. The van der Waals surface area contributed by atoms with E-state index in [2.05, 4.69) is 5.32 Å². The molecular weight excluding hydrogens is 296 g/mol. The Morgan fingerprint density at radius 3 is 2.09 bits per heavy atom. The highest BCUT2D eigenvalue weighted by molar-refractivity contribution is 5.93. The molecule has 2 amide bonds. The van der Waals surface area contributed by atoms with E-state index >= 15 is 0 Å². The molecule has 0 fully saturated rings. The van der Waals surface area contributed by atoms with Gasteiger partial charge in [0.1, 0.15) is 0 Å². The van der Waals surface area contributed by atoms with Crippen LogP contribution in [-0.2, 0) is 14.3 Å². The molecule has 0 bridgehead atoms. The Balaban J connectivity index is 2.55. The second kappa shape index (κ2) is 9.61. The molecule has 6 heteroatoms. The molecule has 0 aromatic heterocycles. The van der Waals surface area contributed by atoms with E-state index in [0.29, 0.717) is 24.3 Å². The van der Waals surface area contributed by atoms with E-state index in [1.165, 1.54) is 6.92 Å². The lowest BCUT2D eigenvalue weighted by molar-refractivity contribution is -0.134. The molecule has 0 saturated carbocycles. The van der Waals surface area contributed by atoms with Gasteiger partial charge in [-0.05, 0) is 37.1 Å². The van der Waals surface area contributed by atoms with Gasteiger partial charge in [-0.3, -0.25) is 9.59 Å². The van der Waals surface area contributed by atoms with Crippen molar-refractivity contribution in [2.45, 2.75) is 33.6 Å². The minimum atomic E-state index is -0.555. The first-order valence-corrected chi connectivity index (χ1v) is 7.80. The lowest BCUT2D eigenvalue weighted by Gasteiger charge is -2.21. The molecule has 0 radical (unpaired) electrons. The normalized spacial score (nSPS) is 10.0. The van der Waals surface area contributed by atoms with Crippen LogP contribution in [-0.4, -0.2) is 42.4 Å². The Bertz CT molecular complexity index is 534. The largest absolute Gasteiger partial charge is 0.452 e. The topological polar surface area (TPSA) is 75.7 Å². The first kappa shape index (κ1) is 18.7. The fourth-order valence-electron chi connectivity index (χ4n) is 2.10. The number of nitrogens with one attached hydrogen (secondary N) is 1. The summed E-state index contributed by atoms with van der Waals surface area (Å²) in [6.07, 6.45) is 1.73. The van der Waals surface area contributed by atoms with Gasteiger partial charge in [-0.25, -0.2) is 4.79 Å². The fourth-order valence-corrected chi connectivity index (χ4v) is 2.10. The Kier molecular flexibility index (Phi) is 7.80. The van der Waals surface area contributed by atoms with Gasteiger partial charge in [0.25, 0.3) is 5.91 Å². The second-order valence-electron chi connectivity index (χ2n) is 5.22. The van der Waals surface area contributed by atoms with Crippen LogP contribution in [0.4, 0.5) is 5.69 Å². The first-order valence-electron chi connectivity index (χ1n) is 7.80. The summed E-state index contributed by atoms with van der Waals surface area (Å²) in [7, 11) is 0. The number of benzene rings is 1. The predicted octanol–water partition coefficient (Wildman–Crippen LogP) is 2.45. The van der Waals surface area contributed by atoms with Crippen LogP contribution in [0.1, 0.15) is 44.0 Å². The molecule has 0 heterocycles. The molecule has 23 heavy (non-hydrogen) atoms. The minimum absolute atomic E-state index is 0.183. The van der Waals surface area contributed by atoms with E-state index in [-0.39, 0.29) is 18.4 Å². The average molecular weight is 320 g/mol. The van der Waals surface area contributed by atoms with E-state index in [4.69, 9.17) is 4.74 Å². The van der Waals surface area contributed by atoms with Crippen LogP contribution in [0.5, 0.6) is 0 Å². The fraction of sp³-hybridized carbons (Fsp3) is 0.471. The molecule has 0 aliphatic rings. The van der Waals surface area contributed by atoms with Crippen molar-refractivity contribution in [3.05, 3.63) is 29.8 Å². The van der Waals surface area contributed by atoms with Crippen LogP contribution in [0, 0.1) is 0 Å². The van der Waals surface area contributed by atoms with Crippen LogP contribution in [0.2, 0.25) is 0 Å². The highest BCUT2D eigenvalue weighted by Crippen LogP contribution is 2.10. The Morgan fingerprint density at radius 1 is 1.04 bits per heavy atom. The third kappa shape index (κ3) is 6.50. The van der Waals surface area contributed by atoms with Crippen molar-refractivity contribution in [1.82, 2.24) is 4.90 Å². The number of carbonyl (C=O) groups excluding carboxylic acids is 3. The maximum atomic E-state index is 12.0. The van der Waals surface area contributed by atoms with Gasteiger partial charge in [0.2, 0.25) is 5.91 Å². The SMILES string of the molecule is CCCN(CCC)C(=O)COC(=O)c1ccc(NC(C)=O)cc1. The van der Waals surface area contributed by atoms with E-state index in [0.717, 1.165) is 12.8 Å². The molecule has 0 unspecified atom stereocenters. The van der Waals surface area contributed by atoms with Gasteiger partial charge >= 0.3 is 5.97 Å². The van der Waals surface area contributed by atoms with Crippen LogP contribution in [0.3, 0.4) is 0 Å². The van der Waals surface area contributed by atoms with Crippen LogP contribution < -0.4 is 5.32 Å². The standard InChI is InChI=1S/C17H24N2O4/c1-4-10-19(11-5-2)16(21)12-23-17(22)14-6-8-15(9-7-14)18-13(3)20/h6-9H,4-5,10-12H2,1-3H3,(H,18,20). The van der Waals surface area contributed by atoms with E-state index in [1.54, 1.807) is 29.2 Å². The summed E-state index contributed by atoms with van der Waals surface area (Å²) in [5, 5.41) is 2.61. The molecule has 126 valence electrons. The molecule has 0 aliphatic heterocycles. The van der Waals surface area contributed by atoms with Crippen LogP contribution >= 0.6 is 0 Å². The third-order valence-electron chi connectivity index (χ3n) is 3.11. The third-order valence-corrected chi connectivity index (χ3v) is 3.11. The summed E-state index contributed by atoms with van der Waals surface area (Å²) in [6.45, 7) is 6.47. The lowest BCUT2D eigenvalue weighted by atomic mass is 10.2. The number of amides is 2. The number of rotatable bonds is 8. The summed E-state index contributed by atoms with van der Waals surface area (Å²) in [5.41, 5.74) is 0.937. The van der Waals surface area contributed by atoms with Crippen molar-refractivity contribution >= 4 is 23.5 Å². The molecule has 0 saturated heterocycles. The Hall–Kier alpha value is -2.37. The van der Waals surface area contributed by atoms with Gasteiger partial charge in [-0.15, -0.1) is 0 Å². The zero-order chi connectivity index (χ0) is 17.2. The van der Waals surface area contributed by atoms with Gasteiger partial charge in [0.15, 0.2) is 6.61 Å². The summed E-state index contributed by atoms with van der Waals surface area (Å²) in [6, 6.07) is 6.32. The monoisotopic (exact) mass is 320 g/mol. The van der Waals surface area contributed by atoms with Gasteiger partial charge < -0.3 is 15.0 Å². The van der Waals surface area contributed by atoms with Crippen molar-refractivity contribution in [1.29, 1.82) is 0 Å². The van der Waals surface area contributed by atoms with Crippen molar-refractivity contribution in [3.8, 4) is 0 Å². The number of nitrogens with zero attached hydrogens (tertiary/aromatic N) is 1. The quantitative estimate of drug-likeness (QED) is 0.747. The lowest BCUT2D eigenvalue weighted by Crippen LogP contribution is -2.35. The molecule has 1 N–H and O–H groups in total. The number of carbonyl (C=O) groups is 3. The zero-order valence-corrected chi connectivity index (χ0v) is 13.9. The smallest absolute Gasteiger partial charge is 0.338 e. The summed E-state index contributed by atoms with van der Waals surface area (Å²) in [5.74, 6) is -0.921. The van der Waals surface area contributed by atoms with Crippen molar-refractivity contribution in [3.63, 3.8) is 0 Å². The van der Waals surface area contributed by atoms with E-state index in [9.17, 15) is 14.4 Å². The highest BCUT2D eigenvalue weighted by Gasteiger charge is 2.15. The van der Waals surface area contributed by atoms with E-state index in [1.807, 2.05) is 13.8 Å². The number of hydrogen-bond acceptors (Lipinski definition) is 4. The number of hydrogen-bond donors (Lipinski definition) is 1. The van der Waals surface area contributed by atoms with Gasteiger partial charge in [-0.2, -0.15) is 0 Å². The molecular formula is C17H24N2O4. The number of ether oxygens (including phenoxy) is 1. The number of esters is 1. The van der Waals surface area contributed by atoms with E-state index < -0.39 is 5.97 Å². The van der Waals surface area contributed by atoms with Gasteiger partial charge in [0.05, 0.1) is 5.56 Å². The molecule has 6 nitrogen and oxygen atoms in total. The first-order chi connectivity index (χ1) is 11.0. The van der Waals surface area contributed by atoms with Crippen molar-refractivity contribution in [2.24, 2.45) is 0 Å². The molecule has 0 atom stereocenters. The Morgan fingerprint density at radius 2 is 1.61 bits per heavy atom. The summed E-state index contributed by atoms with van der Waals surface area (Å²) >= 11 is 0. The molecule has 1 aromatic carbocycles. The van der Waals surface area contributed by atoms with Crippen molar-refractivity contribution < 1.29 is 19.1 Å². The molecule has 1 aromatic rings. The minimum Gasteiger partial charge on any atom is -0.452 e. The molecule has 0 spiro atoms. The molecule has 1 rings (SSSR count). The van der Waals surface area contributed by atoms with Crippen LogP contribution in [0.15, 0.2) is 24.3 Å². The van der Waals surface area contributed by atoms with Crippen molar-refractivity contribution in [2.75, 3.05) is 25.0 Å². The van der Waals surface area contributed by atoms with Gasteiger partial charge in [0, 0.05) is 25.7 Å². The maximum absolute atomic E-state index is 12.0. The Labute approximate surface area is 136 Å². The average Bonchev–Trinajstić information content (AvgIpc) is 2.52. The maximum Gasteiger partial charge on any atom is 0.338 e. The number of anilines is 1. The van der Waals surface area contributed by atoms with Crippen LogP contribution in [0.25, 0.3) is 0 Å².